The normalized spacial score (nSPS) is 18.0. The number of hydrogen-bond acceptors (Lipinski definition) is 10. The number of carbonyl (C=O) groups is 1. The summed E-state index contributed by atoms with van der Waals surface area (Å²) in [6.45, 7) is 1.93. The summed E-state index contributed by atoms with van der Waals surface area (Å²) in [5.41, 5.74) is 0.721. The number of carbonyl (C=O) groups excluding carboxylic acids is 1. The molecule has 1 atom stereocenters. The number of benzene rings is 2. The number of aromatic nitrogens is 1. The monoisotopic (exact) mass is 668 g/mol. The molecule has 1 amide bonds. The number of hydrogen-bond donors (Lipinski definition) is 0. The Balaban J connectivity index is 1.13. The van der Waals surface area contributed by atoms with Crippen LogP contribution in [-0.4, -0.2) is 79.3 Å². The molecule has 11 nitrogen and oxygen atoms in total. The molecule has 234 valence electrons. The van der Waals surface area contributed by atoms with Gasteiger partial charge in [-0.05, 0) is 48.8 Å². The van der Waals surface area contributed by atoms with E-state index in [1.54, 1.807) is 53.4 Å². The van der Waals surface area contributed by atoms with Crippen molar-refractivity contribution in [2.24, 2.45) is 0 Å². The number of piperazine rings is 1. The maximum absolute atomic E-state index is 13.8. The van der Waals surface area contributed by atoms with Gasteiger partial charge in [-0.3, -0.25) is 9.69 Å². The summed E-state index contributed by atoms with van der Waals surface area (Å²) in [6.07, 6.45) is 1.03. The van der Waals surface area contributed by atoms with Crippen LogP contribution in [0.3, 0.4) is 0 Å². The summed E-state index contributed by atoms with van der Waals surface area (Å²) < 4.78 is 47.3. The molecule has 3 aromatic heterocycles. The molecule has 0 aliphatic carbocycles. The SMILES string of the molecule is CN1CCc2nc(C(=O)N3CCN(S(=O)(=O)c4cc5ccc(Cl)cc5s4)CC3CCOc3ccc4ccc(=O)oc4c3)oc2C1. The number of rotatable bonds is 7. The Kier molecular flexibility index (Phi) is 7.90. The summed E-state index contributed by atoms with van der Waals surface area (Å²) in [5.74, 6) is 0.811. The molecule has 0 bridgehead atoms. The molecular formula is C31H29ClN4O7S2. The van der Waals surface area contributed by atoms with Gasteiger partial charge in [-0.1, -0.05) is 17.7 Å². The Bertz CT molecular complexity index is 2090. The second-order valence-corrected chi connectivity index (χ2v) is 14.9. The molecular weight excluding hydrogens is 640 g/mol. The first kappa shape index (κ1) is 29.9. The third-order valence-electron chi connectivity index (χ3n) is 8.18. The van der Waals surface area contributed by atoms with Crippen molar-refractivity contribution < 1.29 is 26.8 Å². The van der Waals surface area contributed by atoms with Gasteiger partial charge in [-0.15, -0.1) is 11.3 Å². The largest absolute Gasteiger partial charge is 0.493 e. The van der Waals surface area contributed by atoms with Crippen LogP contribution in [0.4, 0.5) is 0 Å². The lowest BCUT2D eigenvalue weighted by Crippen LogP contribution is -2.56. The fourth-order valence-corrected chi connectivity index (χ4v) is 9.07. The van der Waals surface area contributed by atoms with Gasteiger partial charge in [-0.25, -0.2) is 18.2 Å². The van der Waals surface area contributed by atoms with Gasteiger partial charge in [0.2, 0.25) is 0 Å². The van der Waals surface area contributed by atoms with E-state index in [1.807, 2.05) is 7.05 Å². The van der Waals surface area contributed by atoms with Crippen LogP contribution in [0.2, 0.25) is 5.02 Å². The lowest BCUT2D eigenvalue weighted by molar-refractivity contribution is 0.0485. The zero-order valence-corrected chi connectivity index (χ0v) is 26.7. The summed E-state index contributed by atoms with van der Waals surface area (Å²) in [5, 5.41) is 2.09. The predicted octanol–water partition coefficient (Wildman–Crippen LogP) is 4.62. The Morgan fingerprint density at radius 2 is 1.89 bits per heavy atom. The van der Waals surface area contributed by atoms with Crippen LogP contribution < -0.4 is 10.4 Å². The molecule has 14 heteroatoms. The molecule has 0 N–H and O–H groups in total. The Hall–Kier alpha value is -3.75. The van der Waals surface area contributed by atoms with Gasteiger partial charge in [-0.2, -0.15) is 4.31 Å². The number of fused-ring (bicyclic) bond motifs is 3. The summed E-state index contributed by atoms with van der Waals surface area (Å²) >= 11 is 7.31. The van der Waals surface area contributed by atoms with Crippen molar-refractivity contribution in [3.8, 4) is 5.75 Å². The lowest BCUT2D eigenvalue weighted by Gasteiger charge is -2.40. The molecule has 2 aliphatic rings. The predicted molar refractivity (Wildman–Crippen MR) is 170 cm³/mol. The number of nitrogens with zero attached hydrogens (tertiary/aromatic N) is 4. The zero-order chi connectivity index (χ0) is 31.3. The first-order valence-electron chi connectivity index (χ1n) is 14.5. The summed E-state index contributed by atoms with van der Waals surface area (Å²) in [4.78, 5) is 33.7. The van der Waals surface area contributed by atoms with Crippen LogP contribution in [-0.2, 0) is 23.0 Å². The lowest BCUT2D eigenvalue weighted by atomic mass is 10.1. The third-order valence-corrected chi connectivity index (χ3v) is 11.8. The standard InChI is InChI=1S/C31H29ClN4O7S2/c1-34-10-8-24-26(18-34)43-30(33-24)31(38)36-12-11-35(45(39,40)29-14-20-2-5-21(32)15-27(20)44-29)17-22(36)9-13-41-23-6-3-19-4-7-28(37)42-25(19)16-23/h2-7,14-16,22H,8-13,17-18H2,1H3. The number of ether oxygens (including phenoxy) is 1. The summed E-state index contributed by atoms with van der Waals surface area (Å²) in [7, 11) is -1.87. The molecule has 2 aliphatic heterocycles. The minimum atomic E-state index is -3.85. The maximum Gasteiger partial charge on any atom is 0.336 e. The molecule has 45 heavy (non-hydrogen) atoms. The van der Waals surface area contributed by atoms with E-state index in [2.05, 4.69) is 9.88 Å². The number of amides is 1. The second kappa shape index (κ2) is 11.9. The van der Waals surface area contributed by atoms with Crippen molar-refractivity contribution in [2.75, 3.05) is 39.8 Å². The highest BCUT2D eigenvalue weighted by Gasteiger charge is 2.39. The number of sulfonamides is 1. The molecule has 5 aromatic rings. The smallest absolute Gasteiger partial charge is 0.336 e. The van der Waals surface area contributed by atoms with Crippen molar-refractivity contribution in [3.05, 3.63) is 87.4 Å². The second-order valence-electron chi connectivity index (χ2n) is 11.2. The van der Waals surface area contributed by atoms with E-state index in [1.165, 1.54) is 21.7 Å². The average Bonchev–Trinajstić information content (AvgIpc) is 3.65. The van der Waals surface area contributed by atoms with Crippen molar-refractivity contribution in [2.45, 2.75) is 29.6 Å². The zero-order valence-electron chi connectivity index (χ0n) is 24.3. The van der Waals surface area contributed by atoms with Gasteiger partial charge < -0.3 is 18.5 Å². The first-order chi connectivity index (χ1) is 21.6. The van der Waals surface area contributed by atoms with Crippen LogP contribution in [0.15, 0.2) is 72.4 Å². The van der Waals surface area contributed by atoms with Gasteiger partial charge in [0.15, 0.2) is 0 Å². The number of oxazole rings is 1. The van der Waals surface area contributed by atoms with Gasteiger partial charge in [0, 0.05) is 72.3 Å². The molecule has 0 radical (unpaired) electrons. The van der Waals surface area contributed by atoms with E-state index in [-0.39, 0.29) is 42.2 Å². The van der Waals surface area contributed by atoms with Gasteiger partial charge in [0.05, 0.1) is 18.8 Å². The van der Waals surface area contributed by atoms with Gasteiger partial charge in [0.25, 0.3) is 15.9 Å². The van der Waals surface area contributed by atoms with E-state index in [4.69, 9.17) is 25.2 Å². The fraction of sp³-hybridized carbons (Fsp3) is 0.323. The van der Waals surface area contributed by atoms with E-state index in [0.29, 0.717) is 41.5 Å². The molecule has 0 spiro atoms. The van der Waals surface area contributed by atoms with E-state index in [9.17, 15) is 18.0 Å². The van der Waals surface area contributed by atoms with E-state index in [0.717, 1.165) is 27.7 Å². The fourth-order valence-electron chi connectivity index (χ4n) is 5.78. The van der Waals surface area contributed by atoms with Crippen LogP contribution in [0, 0.1) is 0 Å². The maximum atomic E-state index is 13.8. The topological polar surface area (TPSA) is 126 Å². The molecule has 1 unspecified atom stereocenters. The Morgan fingerprint density at radius 1 is 1.07 bits per heavy atom. The van der Waals surface area contributed by atoms with Crippen molar-refractivity contribution in [1.82, 2.24) is 19.1 Å². The molecule has 7 rings (SSSR count). The quantitative estimate of drug-likeness (QED) is 0.228. The van der Waals surface area contributed by atoms with Crippen molar-refractivity contribution in [3.63, 3.8) is 0 Å². The Morgan fingerprint density at radius 3 is 2.76 bits per heavy atom. The minimum absolute atomic E-state index is 0.0171. The van der Waals surface area contributed by atoms with Crippen LogP contribution in [0.25, 0.3) is 21.1 Å². The highest BCUT2D eigenvalue weighted by Crippen LogP contribution is 2.34. The summed E-state index contributed by atoms with van der Waals surface area (Å²) in [6, 6.07) is 14.7. The number of likely N-dealkylation sites (N-methyl/N-ethyl adjacent to an activating group) is 1. The minimum Gasteiger partial charge on any atom is -0.493 e. The van der Waals surface area contributed by atoms with Gasteiger partial charge in [0.1, 0.15) is 21.3 Å². The number of thiophene rings is 1. The first-order valence-corrected chi connectivity index (χ1v) is 17.1. The van der Waals surface area contributed by atoms with E-state index >= 15 is 0 Å². The number of halogens is 1. The molecule has 1 saturated heterocycles. The van der Waals surface area contributed by atoms with Crippen LogP contribution in [0.5, 0.6) is 5.75 Å². The third kappa shape index (κ3) is 5.98. The van der Waals surface area contributed by atoms with Crippen LogP contribution >= 0.6 is 22.9 Å². The highest BCUT2D eigenvalue weighted by atomic mass is 35.5. The molecule has 0 saturated carbocycles. The molecule has 5 heterocycles. The average molecular weight is 669 g/mol. The highest BCUT2D eigenvalue weighted by molar-refractivity contribution is 7.91. The molecule has 1 fully saturated rings. The Labute approximate surface area is 267 Å². The van der Waals surface area contributed by atoms with E-state index < -0.39 is 21.7 Å². The molecule has 2 aromatic carbocycles. The van der Waals surface area contributed by atoms with Crippen molar-refractivity contribution >= 4 is 59.9 Å². The van der Waals surface area contributed by atoms with Gasteiger partial charge >= 0.3 is 11.5 Å². The van der Waals surface area contributed by atoms with Crippen molar-refractivity contribution in [1.29, 1.82) is 0 Å². The van der Waals surface area contributed by atoms with Crippen LogP contribution in [0.1, 0.15) is 28.6 Å².